The summed E-state index contributed by atoms with van der Waals surface area (Å²) < 4.78 is 5.37. The molecule has 1 aromatic rings. The van der Waals surface area contributed by atoms with Gasteiger partial charge in [-0.05, 0) is 26.0 Å². The first-order chi connectivity index (χ1) is 7.49. The Balaban J connectivity index is 2.42. The van der Waals surface area contributed by atoms with Crippen LogP contribution in [0.4, 0.5) is 0 Å². The molecule has 0 saturated heterocycles. The van der Waals surface area contributed by atoms with E-state index in [-0.39, 0.29) is 18.1 Å². The Bertz CT molecular complexity index is 381. The highest BCUT2D eigenvalue weighted by atomic mass is 16.3. The number of carbonyl (C=O) groups excluding carboxylic acids is 2. The molecule has 0 bridgehead atoms. The highest BCUT2D eigenvalue weighted by Crippen LogP contribution is 2.09. The van der Waals surface area contributed by atoms with Crippen LogP contribution in [0.2, 0.25) is 0 Å². The minimum absolute atomic E-state index is 0.0376. The van der Waals surface area contributed by atoms with Gasteiger partial charge in [-0.3, -0.25) is 4.79 Å². The quantitative estimate of drug-likeness (QED) is 0.766. The number of aryl methyl sites for hydroxylation is 1. The molecule has 88 valence electrons. The first kappa shape index (κ1) is 12.5. The van der Waals surface area contributed by atoms with E-state index in [9.17, 15) is 9.59 Å². The summed E-state index contributed by atoms with van der Waals surface area (Å²) in [5.41, 5.74) is 0. The maximum absolute atomic E-state index is 11.6. The fourth-order valence-corrected chi connectivity index (χ4v) is 1.37. The molecular formula is C12H17NO3. The predicted octanol–water partition coefficient (Wildman–Crippen LogP) is 1.92. The molecule has 1 rings (SSSR count). The summed E-state index contributed by atoms with van der Waals surface area (Å²) in [5.74, 6) is 1.59. The molecule has 4 nitrogen and oxygen atoms in total. The summed E-state index contributed by atoms with van der Waals surface area (Å²) in [4.78, 5) is 23.9. The van der Waals surface area contributed by atoms with Crippen molar-refractivity contribution in [1.82, 2.24) is 4.90 Å². The van der Waals surface area contributed by atoms with Crippen molar-refractivity contribution in [2.24, 2.45) is 0 Å². The number of amides is 1. The normalized spacial score (nSPS) is 10.2. The Kier molecular flexibility index (Phi) is 4.28. The van der Waals surface area contributed by atoms with Gasteiger partial charge in [0.1, 0.15) is 17.3 Å². The van der Waals surface area contributed by atoms with E-state index >= 15 is 0 Å². The van der Waals surface area contributed by atoms with E-state index in [1.54, 1.807) is 11.9 Å². The van der Waals surface area contributed by atoms with E-state index in [0.717, 1.165) is 11.5 Å². The molecule has 0 saturated carbocycles. The van der Waals surface area contributed by atoms with Gasteiger partial charge in [0.05, 0.1) is 6.54 Å². The minimum Gasteiger partial charge on any atom is -0.464 e. The average Bonchev–Trinajstić information content (AvgIpc) is 2.60. The van der Waals surface area contributed by atoms with Crippen LogP contribution in [0.25, 0.3) is 0 Å². The van der Waals surface area contributed by atoms with Crippen molar-refractivity contribution in [2.45, 2.75) is 33.2 Å². The molecule has 0 radical (unpaired) electrons. The number of ketones is 1. The van der Waals surface area contributed by atoms with Crippen LogP contribution in [0.5, 0.6) is 0 Å². The van der Waals surface area contributed by atoms with Crippen molar-refractivity contribution in [3.8, 4) is 0 Å². The molecule has 1 heterocycles. The lowest BCUT2D eigenvalue weighted by atomic mass is 10.2. The number of hydrogen-bond donors (Lipinski definition) is 0. The second kappa shape index (κ2) is 5.49. The van der Waals surface area contributed by atoms with Gasteiger partial charge in [-0.15, -0.1) is 0 Å². The second-order valence-electron chi connectivity index (χ2n) is 3.96. The summed E-state index contributed by atoms with van der Waals surface area (Å²) in [6.45, 7) is 3.80. The van der Waals surface area contributed by atoms with Crippen molar-refractivity contribution < 1.29 is 14.0 Å². The Labute approximate surface area is 95.2 Å². The van der Waals surface area contributed by atoms with Crippen LogP contribution in [0.15, 0.2) is 16.5 Å². The van der Waals surface area contributed by atoms with Gasteiger partial charge in [0.25, 0.3) is 0 Å². The Morgan fingerprint density at radius 3 is 2.50 bits per heavy atom. The highest BCUT2D eigenvalue weighted by molar-refractivity contribution is 5.83. The molecule has 0 N–H and O–H groups in total. The van der Waals surface area contributed by atoms with E-state index in [1.165, 1.54) is 6.92 Å². The topological polar surface area (TPSA) is 50.5 Å². The molecule has 4 heteroatoms. The highest BCUT2D eigenvalue weighted by Gasteiger charge is 2.11. The van der Waals surface area contributed by atoms with Gasteiger partial charge in [-0.25, -0.2) is 0 Å². The molecule has 0 unspecified atom stereocenters. The maximum atomic E-state index is 11.6. The summed E-state index contributed by atoms with van der Waals surface area (Å²) >= 11 is 0. The Hall–Kier alpha value is -1.58. The average molecular weight is 223 g/mol. The first-order valence-electron chi connectivity index (χ1n) is 5.27. The van der Waals surface area contributed by atoms with Crippen LogP contribution >= 0.6 is 0 Å². The molecule has 0 spiro atoms. The fraction of sp³-hybridized carbons (Fsp3) is 0.500. The van der Waals surface area contributed by atoms with Gasteiger partial charge in [0.15, 0.2) is 0 Å². The van der Waals surface area contributed by atoms with Crippen LogP contribution < -0.4 is 0 Å². The van der Waals surface area contributed by atoms with Gasteiger partial charge in [-0.2, -0.15) is 0 Å². The number of nitrogens with zero attached hydrogens (tertiary/aromatic N) is 1. The molecule has 0 aromatic carbocycles. The molecule has 1 aromatic heterocycles. The van der Waals surface area contributed by atoms with E-state index < -0.39 is 0 Å². The number of hydrogen-bond acceptors (Lipinski definition) is 3. The van der Waals surface area contributed by atoms with Gasteiger partial charge in [-0.1, -0.05) is 0 Å². The molecule has 0 aliphatic rings. The molecule has 0 aliphatic heterocycles. The molecule has 0 fully saturated rings. The number of carbonyl (C=O) groups is 2. The first-order valence-corrected chi connectivity index (χ1v) is 5.27. The lowest BCUT2D eigenvalue weighted by Crippen LogP contribution is -2.26. The molecule has 0 aliphatic carbocycles. The smallest absolute Gasteiger partial charge is 0.223 e. The van der Waals surface area contributed by atoms with Gasteiger partial charge < -0.3 is 14.1 Å². The third-order valence-corrected chi connectivity index (χ3v) is 2.31. The zero-order valence-corrected chi connectivity index (χ0v) is 9.95. The fourth-order valence-electron chi connectivity index (χ4n) is 1.37. The molecule has 0 atom stereocenters. The standard InChI is InChI=1S/C12H17NO3/c1-9(14)4-7-12(15)13(3)8-11-6-5-10(2)16-11/h5-6H,4,7-8H2,1-3H3. The van der Waals surface area contributed by atoms with Crippen LogP contribution in [0.3, 0.4) is 0 Å². The van der Waals surface area contributed by atoms with E-state index in [2.05, 4.69) is 0 Å². The van der Waals surface area contributed by atoms with E-state index in [4.69, 9.17) is 4.42 Å². The number of rotatable bonds is 5. The van der Waals surface area contributed by atoms with Crippen molar-refractivity contribution in [3.05, 3.63) is 23.7 Å². The zero-order chi connectivity index (χ0) is 12.1. The summed E-state index contributed by atoms with van der Waals surface area (Å²) in [6.07, 6.45) is 0.575. The van der Waals surface area contributed by atoms with Crippen LogP contribution in [0.1, 0.15) is 31.3 Å². The number of furan rings is 1. The summed E-state index contributed by atoms with van der Waals surface area (Å²) in [5, 5.41) is 0. The largest absolute Gasteiger partial charge is 0.464 e. The van der Waals surface area contributed by atoms with E-state index in [1.807, 2.05) is 19.1 Å². The van der Waals surface area contributed by atoms with Crippen LogP contribution in [-0.2, 0) is 16.1 Å². The Morgan fingerprint density at radius 1 is 1.31 bits per heavy atom. The zero-order valence-electron chi connectivity index (χ0n) is 9.95. The SMILES string of the molecule is CC(=O)CCC(=O)N(C)Cc1ccc(C)o1. The van der Waals surface area contributed by atoms with Crippen LogP contribution in [0, 0.1) is 6.92 Å². The second-order valence-corrected chi connectivity index (χ2v) is 3.96. The monoisotopic (exact) mass is 223 g/mol. The molecule has 1 amide bonds. The van der Waals surface area contributed by atoms with Crippen molar-refractivity contribution in [3.63, 3.8) is 0 Å². The van der Waals surface area contributed by atoms with Crippen molar-refractivity contribution >= 4 is 11.7 Å². The third kappa shape index (κ3) is 3.88. The van der Waals surface area contributed by atoms with Crippen molar-refractivity contribution in [1.29, 1.82) is 0 Å². The van der Waals surface area contributed by atoms with Crippen LogP contribution in [-0.4, -0.2) is 23.6 Å². The molecular weight excluding hydrogens is 206 g/mol. The summed E-state index contributed by atoms with van der Waals surface area (Å²) in [7, 11) is 1.71. The van der Waals surface area contributed by atoms with Crippen molar-refractivity contribution in [2.75, 3.05) is 7.05 Å². The lowest BCUT2D eigenvalue weighted by Gasteiger charge is -2.15. The van der Waals surface area contributed by atoms with Gasteiger partial charge in [0, 0.05) is 19.9 Å². The third-order valence-electron chi connectivity index (χ3n) is 2.31. The number of Topliss-reactive ketones (excluding diaryl/α,β-unsaturated/α-hetero) is 1. The lowest BCUT2D eigenvalue weighted by molar-refractivity contribution is -0.132. The van der Waals surface area contributed by atoms with E-state index in [0.29, 0.717) is 13.0 Å². The molecule has 16 heavy (non-hydrogen) atoms. The van der Waals surface area contributed by atoms with Gasteiger partial charge in [0.2, 0.25) is 5.91 Å². The Morgan fingerprint density at radius 2 is 2.00 bits per heavy atom. The summed E-state index contributed by atoms with van der Waals surface area (Å²) in [6, 6.07) is 3.72. The van der Waals surface area contributed by atoms with Gasteiger partial charge >= 0.3 is 0 Å². The maximum Gasteiger partial charge on any atom is 0.223 e. The minimum atomic E-state index is -0.0377. The predicted molar refractivity (Wildman–Crippen MR) is 59.8 cm³/mol.